The quantitative estimate of drug-likeness (QED) is 0.790. The van der Waals surface area contributed by atoms with Gasteiger partial charge in [0.15, 0.2) is 5.69 Å². The van der Waals surface area contributed by atoms with Gasteiger partial charge in [-0.1, -0.05) is 19.0 Å². The molecule has 0 saturated carbocycles. The average Bonchev–Trinajstić information content (AvgIpc) is 2.70. The van der Waals surface area contributed by atoms with Gasteiger partial charge in [-0.25, -0.2) is 0 Å². The van der Waals surface area contributed by atoms with Crippen LogP contribution in [0.5, 0.6) is 0 Å². The van der Waals surface area contributed by atoms with Gasteiger partial charge in [-0.15, -0.1) is 0 Å². The highest BCUT2D eigenvalue weighted by atomic mass is 16.5. The number of aliphatic hydroxyl groups is 1. The molecule has 2 N–H and O–H groups in total. The number of aliphatic hydroxyl groups excluding tert-OH is 1. The molecule has 0 aliphatic carbocycles. The summed E-state index contributed by atoms with van der Waals surface area (Å²) in [5.74, 6) is 0.397. The first-order chi connectivity index (χ1) is 7.94. The minimum absolute atomic E-state index is 0.0306. The Bertz CT molecular complexity index is 372. The van der Waals surface area contributed by atoms with Crippen molar-refractivity contribution >= 4 is 5.91 Å². The van der Waals surface area contributed by atoms with E-state index in [9.17, 15) is 4.79 Å². The van der Waals surface area contributed by atoms with Crippen LogP contribution < -0.4 is 5.32 Å². The molecular weight excluding hydrogens is 220 g/mol. The minimum Gasteiger partial charge on any atom is -0.396 e. The fourth-order valence-electron chi connectivity index (χ4n) is 1.53. The zero-order valence-electron chi connectivity index (χ0n) is 10.6. The summed E-state index contributed by atoms with van der Waals surface area (Å²) in [7, 11) is 0. The van der Waals surface area contributed by atoms with Crippen LogP contribution in [0.4, 0.5) is 0 Å². The Morgan fingerprint density at radius 1 is 1.59 bits per heavy atom. The summed E-state index contributed by atoms with van der Waals surface area (Å²) in [6, 6.07) is 1.61. The standard InChI is InChI=1S/C12H20N2O3/c1-9-7-10(14-17-9)11(16)13-8-12(2,3)5-4-6-15/h7,15H,4-6,8H2,1-3H3,(H,13,16). The molecule has 0 spiro atoms. The largest absolute Gasteiger partial charge is 0.396 e. The molecule has 0 unspecified atom stereocenters. The molecule has 0 bridgehead atoms. The van der Waals surface area contributed by atoms with Crippen molar-refractivity contribution in [1.82, 2.24) is 10.5 Å². The van der Waals surface area contributed by atoms with Crippen LogP contribution in [0.1, 0.15) is 42.9 Å². The summed E-state index contributed by atoms with van der Waals surface area (Å²) in [6.45, 7) is 6.58. The van der Waals surface area contributed by atoms with E-state index in [1.807, 2.05) is 0 Å². The van der Waals surface area contributed by atoms with Gasteiger partial charge in [0.25, 0.3) is 5.91 Å². The first-order valence-corrected chi connectivity index (χ1v) is 5.77. The number of rotatable bonds is 6. The summed E-state index contributed by atoms with van der Waals surface area (Å²) in [6.07, 6.45) is 1.60. The van der Waals surface area contributed by atoms with Crippen molar-refractivity contribution in [3.8, 4) is 0 Å². The lowest BCUT2D eigenvalue weighted by atomic mass is 9.88. The second-order valence-electron chi connectivity index (χ2n) is 5.00. The van der Waals surface area contributed by atoms with Crippen molar-refractivity contribution < 1.29 is 14.4 Å². The van der Waals surface area contributed by atoms with E-state index in [2.05, 4.69) is 24.3 Å². The highest BCUT2D eigenvalue weighted by Crippen LogP contribution is 2.20. The number of aryl methyl sites for hydroxylation is 1. The maximum atomic E-state index is 11.7. The summed E-state index contributed by atoms with van der Waals surface area (Å²) in [5, 5.41) is 15.2. The Balaban J connectivity index is 2.42. The van der Waals surface area contributed by atoms with Gasteiger partial charge >= 0.3 is 0 Å². The second-order valence-corrected chi connectivity index (χ2v) is 5.00. The lowest BCUT2D eigenvalue weighted by Crippen LogP contribution is -2.34. The number of carbonyl (C=O) groups excluding carboxylic acids is 1. The van der Waals surface area contributed by atoms with Crippen LogP contribution in [0.25, 0.3) is 0 Å². The third kappa shape index (κ3) is 4.56. The molecule has 0 aromatic carbocycles. The molecule has 0 radical (unpaired) electrons. The third-order valence-corrected chi connectivity index (χ3v) is 2.60. The van der Waals surface area contributed by atoms with Gasteiger partial charge in [0.2, 0.25) is 0 Å². The Labute approximate surface area is 101 Å². The second kappa shape index (κ2) is 5.82. The van der Waals surface area contributed by atoms with Gasteiger partial charge in [0.1, 0.15) is 5.76 Å². The molecule has 1 amide bonds. The SMILES string of the molecule is Cc1cc(C(=O)NCC(C)(C)CCCO)no1. The number of carbonyl (C=O) groups is 1. The van der Waals surface area contributed by atoms with Crippen LogP contribution >= 0.6 is 0 Å². The Hall–Kier alpha value is -1.36. The third-order valence-electron chi connectivity index (χ3n) is 2.60. The molecule has 0 atom stereocenters. The fourth-order valence-corrected chi connectivity index (χ4v) is 1.53. The number of amides is 1. The average molecular weight is 240 g/mol. The van der Waals surface area contributed by atoms with Crippen LogP contribution in [0.2, 0.25) is 0 Å². The summed E-state index contributed by atoms with van der Waals surface area (Å²) in [5.41, 5.74) is 0.275. The minimum atomic E-state index is -0.223. The number of aromatic nitrogens is 1. The monoisotopic (exact) mass is 240 g/mol. The molecular formula is C12H20N2O3. The van der Waals surface area contributed by atoms with Gasteiger partial charge in [0, 0.05) is 19.2 Å². The van der Waals surface area contributed by atoms with E-state index in [1.54, 1.807) is 13.0 Å². The lowest BCUT2D eigenvalue weighted by molar-refractivity contribution is 0.0924. The van der Waals surface area contributed by atoms with Crippen LogP contribution in [-0.2, 0) is 0 Å². The molecule has 1 aromatic heterocycles. The van der Waals surface area contributed by atoms with Gasteiger partial charge < -0.3 is 14.9 Å². The van der Waals surface area contributed by atoms with Crippen molar-refractivity contribution in [2.75, 3.05) is 13.2 Å². The molecule has 0 aliphatic rings. The highest BCUT2D eigenvalue weighted by Gasteiger charge is 2.19. The first kappa shape index (κ1) is 13.7. The molecule has 0 saturated heterocycles. The molecule has 5 nitrogen and oxygen atoms in total. The van der Waals surface area contributed by atoms with E-state index in [-0.39, 0.29) is 17.9 Å². The van der Waals surface area contributed by atoms with Gasteiger partial charge in [-0.2, -0.15) is 0 Å². The Morgan fingerprint density at radius 3 is 2.82 bits per heavy atom. The van der Waals surface area contributed by atoms with Gasteiger partial charge in [-0.05, 0) is 25.2 Å². The smallest absolute Gasteiger partial charge is 0.273 e. The van der Waals surface area contributed by atoms with E-state index >= 15 is 0 Å². The highest BCUT2D eigenvalue weighted by molar-refractivity contribution is 5.92. The van der Waals surface area contributed by atoms with E-state index in [4.69, 9.17) is 9.63 Å². The summed E-state index contributed by atoms with van der Waals surface area (Å²) in [4.78, 5) is 11.7. The molecule has 96 valence electrons. The number of nitrogens with zero attached hydrogens (tertiary/aromatic N) is 1. The van der Waals surface area contributed by atoms with Crippen molar-refractivity contribution in [1.29, 1.82) is 0 Å². The Kier molecular flexibility index (Phi) is 4.69. The topological polar surface area (TPSA) is 75.4 Å². The summed E-state index contributed by atoms with van der Waals surface area (Å²) < 4.78 is 4.84. The van der Waals surface area contributed by atoms with Crippen molar-refractivity contribution in [2.45, 2.75) is 33.6 Å². The normalized spacial score (nSPS) is 11.5. The zero-order chi connectivity index (χ0) is 12.9. The molecule has 1 aromatic rings. The first-order valence-electron chi connectivity index (χ1n) is 5.77. The maximum Gasteiger partial charge on any atom is 0.273 e. The zero-order valence-corrected chi connectivity index (χ0v) is 10.6. The number of hydrogen-bond acceptors (Lipinski definition) is 4. The molecule has 1 heterocycles. The molecule has 5 heteroatoms. The molecule has 0 fully saturated rings. The Morgan fingerprint density at radius 2 is 2.29 bits per heavy atom. The lowest BCUT2D eigenvalue weighted by Gasteiger charge is -2.24. The van der Waals surface area contributed by atoms with Crippen LogP contribution in [-0.4, -0.2) is 29.3 Å². The van der Waals surface area contributed by atoms with Gasteiger partial charge in [-0.3, -0.25) is 4.79 Å². The van der Waals surface area contributed by atoms with Crippen molar-refractivity contribution in [3.63, 3.8) is 0 Å². The summed E-state index contributed by atoms with van der Waals surface area (Å²) >= 11 is 0. The molecule has 0 aliphatic heterocycles. The molecule has 17 heavy (non-hydrogen) atoms. The maximum absolute atomic E-state index is 11.7. The molecule has 1 rings (SSSR count). The van der Waals surface area contributed by atoms with Crippen molar-refractivity contribution in [2.24, 2.45) is 5.41 Å². The van der Waals surface area contributed by atoms with Crippen molar-refractivity contribution in [3.05, 3.63) is 17.5 Å². The predicted molar refractivity (Wildman–Crippen MR) is 63.7 cm³/mol. The van der Waals surface area contributed by atoms with Crippen LogP contribution in [0.3, 0.4) is 0 Å². The van der Waals surface area contributed by atoms with E-state index < -0.39 is 0 Å². The number of nitrogens with one attached hydrogen (secondary N) is 1. The van der Waals surface area contributed by atoms with Gasteiger partial charge in [0.05, 0.1) is 0 Å². The van der Waals surface area contributed by atoms with Crippen LogP contribution in [0, 0.1) is 12.3 Å². The number of hydrogen-bond donors (Lipinski definition) is 2. The van der Waals surface area contributed by atoms with E-state index in [0.29, 0.717) is 18.0 Å². The van der Waals surface area contributed by atoms with E-state index in [0.717, 1.165) is 12.8 Å². The van der Waals surface area contributed by atoms with Crippen LogP contribution in [0.15, 0.2) is 10.6 Å². The van der Waals surface area contributed by atoms with E-state index in [1.165, 1.54) is 0 Å². The fraction of sp³-hybridized carbons (Fsp3) is 0.667. The predicted octanol–water partition coefficient (Wildman–Crippen LogP) is 1.51.